The molecule has 33 heavy (non-hydrogen) atoms. The SMILES string of the molecule is O=C(CSc1nnc(-c2ccc(F)cc2)n1-c1ccccc1)OCC(=O)c1ccccc1F. The summed E-state index contributed by atoms with van der Waals surface area (Å²) in [7, 11) is 0. The lowest BCUT2D eigenvalue weighted by atomic mass is 10.1. The summed E-state index contributed by atoms with van der Waals surface area (Å²) in [5.74, 6) is -1.98. The average Bonchev–Trinajstić information content (AvgIpc) is 3.26. The lowest BCUT2D eigenvalue weighted by molar-refractivity contribution is -0.139. The second kappa shape index (κ2) is 10.2. The third-order valence-corrected chi connectivity index (χ3v) is 5.51. The highest BCUT2D eigenvalue weighted by Gasteiger charge is 2.19. The molecule has 166 valence electrons. The van der Waals surface area contributed by atoms with Crippen molar-refractivity contribution in [2.75, 3.05) is 12.4 Å². The molecule has 0 aliphatic carbocycles. The number of para-hydroxylation sites is 1. The van der Waals surface area contributed by atoms with Gasteiger partial charge in [-0.3, -0.25) is 14.2 Å². The fraction of sp³-hybridized carbons (Fsp3) is 0.0833. The fourth-order valence-electron chi connectivity index (χ4n) is 3.04. The second-order valence-corrected chi connectivity index (χ2v) is 7.78. The van der Waals surface area contributed by atoms with Crippen LogP contribution in [0.4, 0.5) is 8.78 Å². The van der Waals surface area contributed by atoms with Gasteiger partial charge in [0, 0.05) is 11.3 Å². The molecule has 0 saturated heterocycles. The Labute approximate surface area is 192 Å². The van der Waals surface area contributed by atoms with Crippen LogP contribution in [-0.4, -0.2) is 38.9 Å². The number of ketones is 1. The van der Waals surface area contributed by atoms with Crippen LogP contribution in [0.5, 0.6) is 0 Å². The Hall–Kier alpha value is -3.85. The van der Waals surface area contributed by atoms with E-state index in [0.29, 0.717) is 16.5 Å². The van der Waals surface area contributed by atoms with E-state index in [4.69, 9.17) is 4.74 Å². The Morgan fingerprint density at radius 1 is 0.879 bits per heavy atom. The van der Waals surface area contributed by atoms with Crippen LogP contribution in [0.1, 0.15) is 10.4 Å². The number of aromatic nitrogens is 3. The first-order valence-corrected chi connectivity index (χ1v) is 10.8. The van der Waals surface area contributed by atoms with Crippen molar-refractivity contribution in [2.45, 2.75) is 5.16 Å². The molecule has 0 unspecified atom stereocenters. The van der Waals surface area contributed by atoms with Crippen molar-refractivity contribution in [3.8, 4) is 17.1 Å². The minimum atomic E-state index is -0.669. The maximum atomic E-state index is 13.7. The Bertz CT molecular complexity index is 1280. The molecule has 4 rings (SSSR count). The molecular weight excluding hydrogens is 448 g/mol. The average molecular weight is 465 g/mol. The van der Waals surface area contributed by atoms with Crippen molar-refractivity contribution >= 4 is 23.5 Å². The van der Waals surface area contributed by atoms with Crippen LogP contribution in [-0.2, 0) is 9.53 Å². The molecule has 0 bridgehead atoms. The smallest absolute Gasteiger partial charge is 0.316 e. The standard InChI is InChI=1S/C24H17F2N3O3S/c25-17-12-10-16(11-13-17)23-27-28-24(29(23)18-6-2-1-3-7-18)33-15-22(31)32-14-21(30)19-8-4-5-9-20(19)26/h1-13H,14-15H2. The van der Waals surface area contributed by atoms with E-state index >= 15 is 0 Å². The van der Waals surface area contributed by atoms with Gasteiger partial charge in [-0.2, -0.15) is 0 Å². The third kappa shape index (κ3) is 5.32. The summed E-state index contributed by atoms with van der Waals surface area (Å²) in [6, 6.07) is 20.6. The summed E-state index contributed by atoms with van der Waals surface area (Å²) in [5, 5.41) is 8.81. The molecule has 0 N–H and O–H groups in total. The lowest BCUT2D eigenvalue weighted by Crippen LogP contribution is -2.16. The minimum Gasteiger partial charge on any atom is -0.457 e. The quantitative estimate of drug-likeness (QED) is 0.213. The van der Waals surface area contributed by atoms with Crippen molar-refractivity contribution in [1.29, 1.82) is 0 Å². The summed E-state index contributed by atoms with van der Waals surface area (Å²) in [4.78, 5) is 24.3. The fourth-order valence-corrected chi connectivity index (χ4v) is 3.79. The number of ether oxygens (including phenoxy) is 1. The van der Waals surface area contributed by atoms with Gasteiger partial charge >= 0.3 is 5.97 Å². The van der Waals surface area contributed by atoms with E-state index in [2.05, 4.69) is 10.2 Å². The summed E-state index contributed by atoms with van der Waals surface area (Å²) in [5.41, 5.74) is 1.27. The molecule has 9 heteroatoms. The van der Waals surface area contributed by atoms with Crippen molar-refractivity contribution in [3.05, 3.63) is 96.1 Å². The van der Waals surface area contributed by atoms with Gasteiger partial charge < -0.3 is 4.74 Å². The molecule has 0 saturated carbocycles. The van der Waals surface area contributed by atoms with Crippen LogP contribution in [0.25, 0.3) is 17.1 Å². The van der Waals surface area contributed by atoms with E-state index in [0.717, 1.165) is 17.4 Å². The molecule has 1 aromatic heterocycles. The van der Waals surface area contributed by atoms with Crippen molar-refractivity contribution < 1.29 is 23.1 Å². The highest BCUT2D eigenvalue weighted by Crippen LogP contribution is 2.28. The van der Waals surface area contributed by atoms with Gasteiger partial charge in [0.15, 0.2) is 17.6 Å². The molecule has 4 aromatic rings. The lowest BCUT2D eigenvalue weighted by Gasteiger charge is -2.10. The molecule has 0 aliphatic rings. The van der Waals surface area contributed by atoms with E-state index in [1.54, 1.807) is 16.7 Å². The second-order valence-electron chi connectivity index (χ2n) is 6.84. The largest absolute Gasteiger partial charge is 0.457 e. The van der Waals surface area contributed by atoms with Gasteiger partial charge in [0.2, 0.25) is 5.78 Å². The number of benzene rings is 3. The van der Waals surface area contributed by atoms with Gasteiger partial charge in [0.1, 0.15) is 11.6 Å². The van der Waals surface area contributed by atoms with Gasteiger partial charge in [-0.25, -0.2) is 8.78 Å². The van der Waals surface area contributed by atoms with Gasteiger partial charge in [-0.15, -0.1) is 10.2 Å². The Balaban J connectivity index is 1.48. The van der Waals surface area contributed by atoms with E-state index in [1.165, 1.54) is 36.4 Å². The predicted octanol–water partition coefficient (Wildman–Crippen LogP) is 4.73. The molecule has 0 amide bonds. The number of halogens is 2. The van der Waals surface area contributed by atoms with Crippen LogP contribution in [0.15, 0.2) is 84.0 Å². The zero-order valence-corrected chi connectivity index (χ0v) is 18.0. The predicted molar refractivity (Wildman–Crippen MR) is 119 cm³/mol. The Kier molecular flexibility index (Phi) is 6.89. The molecule has 0 fully saturated rings. The van der Waals surface area contributed by atoms with Crippen LogP contribution >= 0.6 is 11.8 Å². The van der Waals surface area contributed by atoms with E-state index in [9.17, 15) is 18.4 Å². The van der Waals surface area contributed by atoms with Crippen molar-refractivity contribution in [1.82, 2.24) is 14.8 Å². The van der Waals surface area contributed by atoms with Crippen LogP contribution < -0.4 is 0 Å². The minimum absolute atomic E-state index is 0.134. The molecule has 0 spiro atoms. The molecular formula is C24H17F2N3O3S. The van der Waals surface area contributed by atoms with Crippen LogP contribution in [0, 0.1) is 11.6 Å². The molecule has 1 heterocycles. The normalized spacial score (nSPS) is 10.7. The van der Waals surface area contributed by atoms with E-state index in [1.807, 2.05) is 30.3 Å². The number of rotatable bonds is 8. The van der Waals surface area contributed by atoms with Crippen molar-refractivity contribution in [2.24, 2.45) is 0 Å². The van der Waals surface area contributed by atoms with E-state index < -0.39 is 24.2 Å². The summed E-state index contributed by atoms with van der Waals surface area (Å²) < 4.78 is 33.8. The number of hydrogen-bond donors (Lipinski definition) is 0. The van der Waals surface area contributed by atoms with Crippen molar-refractivity contribution in [3.63, 3.8) is 0 Å². The number of nitrogens with zero attached hydrogens (tertiary/aromatic N) is 3. The first kappa shape index (κ1) is 22.3. The maximum absolute atomic E-state index is 13.7. The topological polar surface area (TPSA) is 74.1 Å². The van der Waals surface area contributed by atoms with Gasteiger partial charge in [0.05, 0.1) is 11.3 Å². The van der Waals surface area contributed by atoms with Gasteiger partial charge in [-0.1, -0.05) is 42.1 Å². The van der Waals surface area contributed by atoms with Crippen LogP contribution in [0.3, 0.4) is 0 Å². The number of Topliss-reactive ketones (excluding diaryl/α,β-unsaturated/α-hetero) is 1. The summed E-state index contributed by atoms with van der Waals surface area (Å²) in [6.45, 7) is -0.563. The third-order valence-electron chi connectivity index (χ3n) is 4.61. The molecule has 0 radical (unpaired) electrons. The Morgan fingerprint density at radius 3 is 2.30 bits per heavy atom. The summed E-state index contributed by atoms with van der Waals surface area (Å²) >= 11 is 1.07. The number of hydrogen-bond acceptors (Lipinski definition) is 6. The molecule has 6 nitrogen and oxygen atoms in total. The van der Waals surface area contributed by atoms with E-state index in [-0.39, 0.29) is 17.1 Å². The maximum Gasteiger partial charge on any atom is 0.316 e. The monoisotopic (exact) mass is 465 g/mol. The zero-order valence-electron chi connectivity index (χ0n) is 17.2. The highest BCUT2D eigenvalue weighted by atomic mass is 32.2. The molecule has 0 atom stereocenters. The molecule has 0 aliphatic heterocycles. The van der Waals surface area contributed by atoms with Gasteiger partial charge in [0.25, 0.3) is 0 Å². The number of carbonyl (C=O) groups excluding carboxylic acids is 2. The first-order valence-electron chi connectivity index (χ1n) is 9.86. The number of thioether (sulfide) groups is 1. The highest BCUT2D eigenvalue weighted by molar-refractivity contribution is 7.99. The van der Waals surface area contributed by atoms with Crippen LogP contribution in [0.2, 0.25) is 0 Å². The van der Waals surface area contributed by atoms with Gasteiger partial charge in [-0.05, 0) is 48.5 Å². The Morgan fingerprint density at radius 2 is 1.58 bits per heavy atom. The molecule has 3 aromatic carbocycles. The number of esters is 1. The first-order chi connectivity index (χ1) is 16.0. The summed E-state index contributed by atoms with van der Waals surface area (Å²) in [6.07, 6.45) is 0. The number of carbonyl (C=O) groups is 2. The zero-order chi connectivity index (χ0) is 23.2.